The molecule has 0 fully saturated rings. The fourth-order valence-electron chi connectivity index (χ4n) is 3.72. The fourth-order valence-corrected chi connectivity index (χ4v) is 5.60. The molecule has 4 nitrogen and oxygen atoms in total. The van der Waals surface area contributed by atoms with Crippen LogP contribution in [0.1, 0.15) is 31.9 Å². The van der Waals surface area contributed by atoms with Gasteiger partial charge in [0.1, 0.15) is 0 Å². The number of hydrazone groups is 1. The predicted molar refractivity (Wildman–Crippen MR) is 150 cm³/mol. The molecule has 0 saturated carbocycles. The molecule has 0 spiro atoms. The van der Waals surface area contributed by atoms with Gasteiger partial charge >= 0.3 is 0 Å². The van der Waals surface area contributed by atoms with Crippen LogP contribution in [0.15, 0.2) is 88.4 Å². The number of anilines is 1. The van der Waals surface area contributed by atoms with Gasteiger partial charge in [-0.3, -0.25) is 4.79 Å². The molecule has 0 N–H and O–H groups in total. The summed E-state index contributed by atoms with van der Waals surface area (Å²) in [7, 11) is 0. The number of carbonyl (C=O) groups is 1. The number of aromatic nitrogens is 1. The largest absolute Gasteiger partial charge is 0.282 e. The average molecular weight is 518 g/mol. The van der Waals surface area contributed by atoms with Crippen LogP contribution in [0.25, 0.3) is 16.3 Å². The summed E-state index contributed by atoms with van der Waals surface area (Å²) >= 11 is 9.12. The normalized spacial score (nSPS) is 15.3. The van der Waals surface area contributed by atoms with Gasteiger partial charge in [-0.2, -0.15) is 10.1 Å². The minimum atomic E-state index is -0.157. The number of fused-ring (bicyclic) bond motifs is 1. The minimum Gasteiger partial charge on any atom is -0.267 e. The number of benzene rings is 3. The zero-order valence-electron chi connectivity index (χ0n) is 19.7. The van der Waals surface area contributed by atoms with Crippen LogP contribution in [0.4, 0.5) is 5.13 Å². The van der Waals surface area contributed by atoms with Gasteiger partial charge in [-0.15, -0.1) is 11.8 Å². The predicted octanol–water partition coefficient (Wildman–Crippen LogP) is 7.83. The Morgan fingerprint density at radius 2 is 1.71 bits per heavy atom. The Bertz CT molecular complexity index is 1420. The molecule has 3 aromatic carbocycles. The van der Waals surface area contributed by atoms with E-state index in [0.717, 1.165) is 26.4 Å². The molecule has 1 aliphatic heterocycles. The van der Waals surface area contributed by atoms with Crippen molar-refractivity contribution >= 4 is 67.7 Å². The molecule has 35 heavy (non-hydrogen) atoms. The number of halogens is 1. The van der Waals surface area contributed by atoms with Crippen LogP contribution < -0.4 is 5.01 Å². The zero-order chi connectivity index (χ0) is 24.6. The number of carbonyl (C=O) groups excluding carboxylic acids is 1. The maximum absolute atomic E-state index is 13.6. The van der Waals surface area contributed by atoms with Gasteiger partial charge in [0.05, 0.1) is 21.5 Å². The van der Waals surface area contributed by atoms with E-state index in [-0.39, 0.29) is 11.3 Å². The maximum Gasteiger partial charge on any atom is 0.282 e. The third-order valence-electron chi connectivity index (χ3n) is 5.70. The van der Waals surface area contributed by atoms with Gasteiger partial charge in [-0.05, 0) is 59.0 Å². The molecule has 0 saturated heterocycles. The number of thiazole rings is 1. The highest BCUT2D eigenvalue weighted by Crippen LogP contribution is 2.34. The second kappa shape index (κ2) is 9.61. The average Bonchev–Trinajstić information content (AvgIpc) is 3.40. The van der Waals surface area contributed by atoms with Crippen LogP contribution in [-0.2, 0) is 10.2 Å². The molecule has 1 aliphatic rings. The van der Waals surface area contributed by atoms with E-state index in [0.29, 0.717) is 21.5 Å². The summed E-state index contributed by atoms with van der Waals surface area (Å²) in [6.07, 6.45) is 1.93. The lowest BCUT2D eigenvalue weighted by molar-refractivity contribution is -0.114. The molecule has 7 heteroatoms. The van der Waals surface area contributed by atoms with Crippen molar-refractivity contribution in [1.29, 1.82) is 0 Å². The van der Waals surface area contributed by atoms with E-state index in [9.17, 15) is 4.79 Å². The van der Waals surface area contributed by atoms with Gasteiger partial charge in [0.2, 0.25) is 5.13 Å². The third-order valence-corrected chi connectivity index (χ3v) is 7.98. The first-order valence-electron chi connectivity index (χ1n) is 11.3. The lowest BCUT2D eigenvalue weighted by Gasteiger charge is -2.18. The van der Waals surface area contributed by atoms with E-state index >= 15 is 0 Å². The van der Waals surface area contributed by atoms with Crippen LogP contribution in [0.3, 0.4) is 0 Å². The summed E-state index contributed by atoms with van der Waals surface area (Å²) in [6.45, 7) is 6.57. The van der Waals surface area contributed by atoms with Crippen molar-refractivity contribution in [3.8, 4) is 0 Å². The quantitative estimate of drug-likeness (QED) is 0.200. The number of thioether (sulfide) groups is 1. The highest BCUT2D eigenvalue weighted by Gasteiger charge is 2.33. The fraction of sp³-hybridized carbons (Fsp3) is 0.179. The molecule has 5 rings (SSSR count). The van der Waals surface area contributed by atoms with Gasteiger partial charge in [0, 0.05) is 15.7 Å². The Morgan fingerprint density at radius 1 is 1.00 bits per heavy atom. The topological polar surface area (TPSA) is 45.6 Å². The van der Waals surface area contributed by atoms with Crippen LogP contribution in [0.5, 0.6) is 0 Å². The number of amides is 1. The summed E-state index contributed by atoms with van der Waals surface area (Å²) in [5.41, 5.74) is 4.48. The number of rotatable bonds is 5. The molecule has 0 bridgehead atoms. The van der Waals surface area contributed by atoms with E-state index < -0.39 is 0 Å². The van der Waals surface area contributed by atoms with Gasteiger partial charge in [0.15, 0.2) is 0 Å². The Kier molecular flexibility index (Phi) is 6.53. The van der Waals surface area contributed by atoms with E-state index in [2.05, 4.69) is 50.0 Å². The van der Waals surface area contributed by atoms with Crippen LogP contribution >= 0.6 is 34.7 Å². The number of hydrogen-bond acceptors (Lipinski definition) is 5. The van der Waals surface area contributed by atoms with Gasteiger partial charge < -0.3 is 0 Å². The Balaban J connectivity index is 1.48. The summed E-state index contributed by atoms with van der Waals surface area (Å²) < 4.78 is 1.03. The third kappa shape index (κ3) is 5.20. The highest BCUT2D eigenvalue weighted by atomic mass is 35.5. The second-order valence-corrected chi connectivity index (χ2v) is 11.8. The molecule has 0 unspecified atom stereocenters. The minimum absolute atomic E-state index is 0.0698. The van der Waals surface area contributed by atoms with Crippen molar-refractivity contribution < 1.29 is 4.79 Å². The number of para-hydroxylation sites is 1. The molecule has 4 aromatic rings. The number of nitrogens with zero attached hydrogens (tertiary/aromatic N) is 3. The van der Waals surface area contributed by atoms with Gasteiger partial charge in [0.25, 0.3) is 5.91 Å². The monoisotopic (exact) mass is 517 g/mol. The highest BCUT2D eigenvalue weighted by molar-refractivity contribution is 8.00. The lowest BCUT2D eigenvalue weighted by atomic mass is 9.86. The maximum atomic E-state index is 13.6. The summed E-state index contributed by atoms with van der Waals surface area (Å²) in [6, 6.07) is 23.9. The zero-order valence-corrected chi connectivity index (χ0v) is 22.0. The molecule has 2 heterocycles. The van der Waals surface area contributed by atoms with Crippen LogP contribution in [0.2, 0.25) is 5.02 Å². The summed E-state index contributed by atoms with van der Waals surface area (Å²) in [5.74, 6) is 0.399. The van der Waals surface area contributed by atoms with Gasteiger partial charge in [-0.1, -0.05) is 80.1 Å². The Morgan fingerprint density at radius 3 is 2.40 bits per heavy atom. The van der Waals surface area contributed by atoms with Crippen LogP contribution in [-0.4, -0.2) is 22.4 Å². The first-order valence-corrected chi connectivity index (χ1v) is 13.4. The molecule has 1 aromatic heterocycles. The number of hydrogen-bond donors (Lipinski definition) is 0. The Labute approximate surface area is 218 Å². The van der Waals surface area contributed by atoms with Gasteiger partial charge in [-0.25, -0.2) is 4.98 Å². The molecule has 176 valence electrons. The molecule has 1 amide bonds. The van der Waals surface area contributed by atoms with Crippen molar-refractivity contribution in [3.05, 3.63) is 94.5 Å². The van der Waals surface area contributed by atoms with Crippen LogP contribution in [0, 0.1) is 0 Å². The summed E-state index contributed by atoms with van der Waals surface area (Å²) in [4.78, 5) is 19.3. The lowest BCUT2D eigenvalue weighted by Crippen LogP contribution is -2.21. The molecule has 0 aliphatic carbocycles. The second-order valence-electron chi connectivity index (χ2n) is 9.30. The van der Waals surface area contributed by atoms with E-state index in [4.69, 9.17) is 16.7 Å². The standard InChI is InChI=1S/C28H24ClN3OS2/c1-28(2,3)19-10-8-18(9-11-19)16-22-24(17-34-21-14-12-20(29)13-15-21)31-32(26(22)33)27-30-23-6-4-5-7-25(23)35-27/h4-16H,17H2,1-3H3/b22-16-. The summed E-state index contributed by atoms with van der Waals surface area (Å²) in [5, 5.41) is 7.46. The van der Waals surface area contributed by atoms with Crippen molar-refractivity contribution in [2.45, 2.75) is 31.1 Å². The van der Waals surface area contributed by atoms with E-state index in [1.54, 1.807) is 11.8 Å². The van der Waals surface area contributed by atoms with E-state index in [1.165, 1.54) is 21.9 Å². The smallest absolute Gasteiger partial charge is 0.267 e. The molecule has 0 atom stereocenters. The SMILES string of the molecule is CC(C)(C)c1ccc(/C=C2\C(=O)N(c3nc4ccccc4s3)N=C2CSc2ccc(Cl)cc2)cc1. The van der Waals surface area contributed by atoms with Crippen molar-refractivity contribution in [3.63, 3.8) is 0 Å². The van der Waals surface area contributed by atoms with E-state index in [1.807, 2.05) is 54.6 Å². The first-order chi connectivity index (χ1) is 16.8. The van der Waals surface area contributed by atoms with Crippen molar-refractivity contribution in [2.24, 2.45) is 5.10 Å². The van der Waals surface area contributed by atoms with Crippen molar-refractivity contribution in [1.82, 2.24) is 4.98 Å². The Hall–Kier alpha value is -2.93. The van der Waals surface area contributed by atoms with Crippen molar-refractivity contribution in [2.75, 3.05) is 10.8 Å². The molecular formula is C28H24ClN3OS2. The first kappa shape index (κ1) is 23.8. The molecule has 0 radical (unpaired) electrons. The molecular weight excluding hydrogens is 494 g/mol.